The van der Waals surface area contributed by atoms with Crippen LogP contribution in [0.5, 0.6) is 11.5 Å². The van der Waals surface area contributed by atoms with Crippen molar-refractivity contribution in [1.29, 1.82) is 0 Å². The molecular formula is C30H44N2O3S. The van der Waals surface area contributed by atoms with Crippen LogP contribution in [0.15, 0.2) is 48.5 Å². The third-order valence-corrected chi connectivity index (χ3v) is 9.00. The topological polar surface area (TPSA) is 65.0 Å². The van der Waals surface area contributed by atoms with E-state index in [2.05, 4.69) is 33.9 Å². The maximum atomic E-state index is 11.7. The van der Waals surface area contributed by atoms with Crippen molar-refractivity contribution in [2.24, 2.45) is 11.8 Å². The fourth-order valence-corrected chi connectivity index (χ4v) is 6.58. The predicted octanol–water partition coefficient (Wildman–Crippen LogP) is 5.79. The first-order valence-electron chi connectivity index (χ1n) is 13.7. The number of aromatic hydroxyl groups is 1. The second-order valence-electron chi connectivity index (χ2n) is 10.7. The minimum absolute atomic E-state index is 0.190. The van der Waals surface area contributed by atoms with Crippen LogP contribution >= 0.6 is 11.9 Å². The third-order valence-electron chi connectivity index (χ3n) is 8.24. The van der Waals surface area contributed by atoms with Gasteiger partial charge in [0.15, 0.2) is 11.5 Å². The van der Waals surface area contributed by atoms with Crippen LogP contribution in [0.25, 0.3) is 0 Å². The standard InChI is InChI=1S/C22H33NO3.C8H11NS/c1-26-20-14-16(7-9-19(20)24)8-10-21-22(25)12-3-2-4-18(22)11-13-23(21)15-17-5-6-17;1-9-10-7-8-5-3-2-4-6-8/h7,9,14,17-18,21,24-25H,2-6,8,10-13,15H2,1H3;2-6,9H,7H2,1H3/t18?,21-,22?;/m1./s1. The van der Waals surface area contributed by atoms with Crippen LogP contribution in [0, 0.1) is 11.8 Å². The summed E-state index contributed by atoms with van der Waals surface area (Å²) in [5, 5.41) is 21.5. The number of ether oxygens (including phenoxy) is 1. The first kappa shape index (κ1) is 27.3. The summed E-state index contributed by atoms with van der Waals surface area (Å²) in [6, 6.07) is 16.3. The van der Waals surface area contributed by atoms with Crippen LogP contribution in [0.2, 0.25) is 0 Å². The molecule has 0 radical (unpaired) electrons. The van der Waals surface area contributed by atoms with E-state index in [4.69, 9.17) is 4.74 Å². The van der Waals surface area contributed by atoms with Gasteiger partial charge in [-0.05, 0) is 93.6 Å². The van der Waals surface area contributed by atoms with Gasteiger partial charge in [-0.25, -0.2) is 0 Å². The molecule has 3 fully saturated rings. The number of aliphatic hydroxyl groups is 1. The second-order valence-corrected chi connectivity index (χ2v) is 11.7. The molecule has 6 heteroatoms. The van der Waals surface area contributed by atoms with Crippen LogP contribution in [0.3, 0.4) is 0 Å². The monoisotopic (exact) mass is 512 g/mol. The summed E-state index contributed by atoms with van der Waals surface area (Å²) in [5.41, 5.74) is 2.03. The zero-order valence-corrected chi connectivity index (χ0v) is 22.8. The number of benzene rings is 2. The molecule has 0 amide bonds. The molecule has 1 saturated heterocycles. The lowest BCUT2D eigenvalue weighted by molar-refractivity contribution is -0.143. The Morgan fingerprint density at radius 1 is 1.06 bits per heavy atom. The minimum atomic E-state index is -0.508. The Bertz CT molecular complexity index is 939. The number of piperidine rings is 1. The van der Waals surface area contributed by atoms with E-state index in [1.54, 1.807) is 25.1 Å². The molecule has 2 aromatic rings. The maximum Gasteiger partial charge on any atom is 0.160 e. The Morgan fingerprint density at radius 3 is 2.58 bits per heavy atom. The second kappa shape index (κ2) is 13.2. The number of hydrogen-bond donors (Lipinski definition) is 3. The third kappa shape index (κ3) is 7.18. The SMILES string of the molecule is CNSCc1ccccc1.COc1cc(CC[C@H]2N(CC3CC3)CCC3CCCCC32O)ccc1O. The summed E-state index contributed by atoms with van der Waals surface area (Å²) in [5.74, 6) is 3.10. The van der Waals surface area contributed by atoms with E-state index in [9.17, 15) is 10.2 Å². The van der Waals surface area contributed by atoms with E-state index in [0.717, 1.165) is 50.3 Å². The molecule has 3 aliphatic rings. The molecule has 2 aliphatic carbocycles. The fraction of sp³-hybridized carbons (Fsp3) is 0.600. The average Bonchev–Trinajstić information content (AvgIpc) is 3.72. The van der Waals surface area contributed by atoms with Crippen LogP contribution in [-0.2, 0) is 12.2 Å². The van der Waals surface area contributed by atoms with Crippen molar-refractivity contribution < 1.29 is 14.9 Å². The molecule has 1 heterocycles. The molecule has 3 atom stereocenters. The fourth-order valence-electron chi connectivity index (χ4n) is 6.07. The molecule has 3 N–H and O–H groups in total. The molecule has 2 saturated carbocycles. The van der Waals surface area contributed by atoms with Crippen LogP contribution in [0.1, 0.15) is 62.5 Å². The molecule has 0 aromatic heterocycles. The molecular weight excluding hydrogens is 468 g/mol. The number of nitrogens with one attached hydrogen (secondary N) is 1. The van der Waals surface area contributed by atoms with Gasteiger partial charge in [-0.2, -0.15) is 0 Å². The number of methoxy groups -OCH3 is 1. The Labute approximate surface area is 221 Å². The van der Waals surface area contributed by atoms with Gasteiger partial charge in [0.1, 0.15) is 0 Å². The van der Waals surface area contributed by atoms with Gasteiger partial charge in [-0.15, -0.1) is 0 Å². The van der Waals surface area contributed by atoms with Crippen molar-refractivity contribution >= 4 is 11.9 Å². The predicted molar refractivity (Wildman–Crippen MR) is 149 cm³/mol. The summed E-state index contributed by atoms with van der Waals surface area (Å²) < 4.78 is 8.29. The summed E-state index contributed by atoms with van der Waals surface area (Å²) in [6.45, 7) is 2.31. The van der Waals surface area contributed by atoms with Gasteiger partial charge in [0.05, 0.1) is 12.7 Å². The summed E-state index contributed by atoms with van der Waals surface area (Å²) in [6.07, 6.45) is 10.4. The van der Waals surface area contributed by atoms with Crippen molar-refractivity contribution in [1.82, 2.24) is 9.62 Å². The lowest BCUT2D eigenvalue weighted by atomic mass is 9.66. The molecule has 0 spiro atoms. The average molecular weight is 513 g/mol. The Kier molecular flexibility index (Phi) is 10.00. The van der Waals surface area contributed by atoms with E-state index in [-0.39, 0.29) is 11.8 Å². The van der Waals surface area contributed by atoms with Crippen molar-refractivity contribution in [3.63, 3.8) is 0 Å². The Balaban J connectivity index is 0.000000256. The summed E-state index contributed by atoms with van der Waals surface area (Å²) in [7, 11) is 3.53. The lowest BCUT2D eigenvalue weighted by Gasteiger charge is -2.54. The quantitative estimate of drug-likeness (QED) is 0.370. The number of rotatable bonds is 9. The van der Waals surface area contributed by atoms with Gasteiger partial charge in [-0.1, -0.05) is 61.2 Å². The van der Waals surface area contributed by atoms with E-state index in [1.165, 1.54) is 43.4 Å². The molecule has 5 rings (SSSR count). The van der Waals surface area contributed by atoms with Gasteiger partial charge in [-0.3, -0.25) is 9.62 Å². The highest BCUT2D eigenvalue weighted by Crippen LogP contribution is 2.46. The zero-order chi connectivity index (χ0) is 25.4. The maximum absolute atomic E-state index is 11.7. The highest BCUT2D eigenvalue weighted by molar-refractivity contribution is 7.96. The van der Waals surface area contributed by atoms with Gasteiger partial charge in [0, 0.05) is 18.3 Å². The summed E-state index contributed by atoms with van der Waals surface area (Å²) >= 11 is 1.71. The Morgan fingerprint density at radius 2 is 1.86 bits per heavy atom. The van der Waals surface area contributed by atoms with Crippen molar-refractivity contribution in [2.45, 2.75) is 75.2 Å². The van der Waals surface area contributed by atoms with E-state index >= 15 is 0 Å². The molecule has 5 nitrogen and oxygen atoms in total. The molecule has 1 aliphatic heterocycles. The Hall–Kier alpha value is -1.73. The first-order valence-corrected chi connectivity index (χ1v) is 14.7. The largest absolute Gasteiger partial charge is 0.504 e. The highest BCUT2D eigenvalue weighted by Gasteiger charge is 2.50. The van der Waals surface area contributed by atoms with Crippen LogP contribution < -0.4 is 9.46 Å². The van der Waals surface area contributed by atoms with Crippen LogP contribution in [-0.4, -0.2) is 54.0 Å². The molecule has 0 bridgehead atoms. The van der Waals surface area contributed by atoms with Gasteiger partial charge in [0.2, 0.25) is 0 Å². The smallest absolute Gasteiger partial charge is 0.160 e. The van der Waals surface area contributed by atoms with Crippen molar-refractivity contribution in [3.8, 4) is 11.5 Å². The normalized spacial score (nSPS) is 26.0. The minimum Gasteiger partial charge on any atom is -0.504 e. The number of likely N-dealkylation sites (tertiary alicyclic amines) is 1. The van der Waals surface area contributed by atoms with Crippen molar-refractivity contribution in [3.05, 3.63) is 59.7 Å². The molecule has 198 valence electrons. The van der Waals surface area contributed by atoms with Gasteiger partial charge >= 0.3 is 0 Å². The highest BCUT2D eigenvalue weighted by atomic mass is 32.2. The van der Waals surface area contributed by atoms with Gasteiger partial charge in [0.25, 0.3) is 0 Å². The number of aryl methyl sites for hydroxylation is 1. The van der Waals surface area contributed by atoms with E-state index in [1.807, 2.05) is 25.2 Å². The van der Waals surface area contributed by atoms with Gasteiger partial charge < -0.3 is 14.9 Å². The summed E-state index contributed by atoms with van der Waals surface area (Å²) in [4.78, 5) is 2.61. The molecule has 2 aromatic carbocycles. The number of hydrogen-bond acceptors (Lipinski definition) is 6. The first-order chi connectivity index (χ1) is 17.5. The van der Waals surface area contributed by atoms with Crippen LogP contribution in [0.4, 0.5) is 0 Å². The number of fused-ring (bicyclic) bond motifs is 1. The number of nitrogens with zero attached hydrogens (tertiary/aromatic N) is 1. The van der Waals surface area contributed by atoms with Crippen molar-refractivity contribution in [2.75, 3.05) is 27.2 Å². The zero-order valence-electron chi connectivity index (χ0n) is 22.0. The molecule has 36 heavy (non-hydrogen) atoms. The number of phenols is 1. The van der Waals surface area contributed by atoms with E-state index < -0.39 is 5.60 Å². The van der Waals surface area contributed by atoms with E-state index in [0.29, 0.717) is 11.7 Å². The molecule has 2 unspecified atom stereocenters. The lowest BCUT2D eigenvalue weighted by Crippen LogP contribution is -2.62. The number of phenolic OH excluding ortho intramolecular Hbond substituents is 1.